The molecule has 0 saturated carbocycles. The Morgan fingerprint density at radius 3 is 2.21 bits per heavy atom. The van der Waals surface area contributed by atoms with Gasteiger partial charge in [0.05, 0.1) is 18.5 Å². The Hall–Kier alpha value is -2.74. The lowest BCUT2D eigenvalue weighted by atomic mass is 10.1. The van der Waals surface area contributed by atoms with Gasteiger partial charge in [-0.2, -0.15) is 0 Å². The van der Waals surface area contributed by atoms with Crippen LogP contribution in [0.25, 0.3) is 0 Å². The molecule has 0 saturated heterocycles. The van der Waals surface area contributed by atoms with Gasteiger partial charge in [0.15, 0.2) is 6.10 Å². The third-order valence-electron chi connectivity index (χ3n) is 4.25. The molecule has 0 radical (unpaired) electrons. The summed E-state index contributed by atoms with van der Waals surface area (Å²) in [5.41, 5.74) is 2.76. The fourth-order valence-electron chi connectivity index (χ4n) is 2.69. The Balaban J connectivity index is 1.80. The number of amides is 1. The summed E-state index contributed by atoms with van der Waals surface area (Å²) in [6.07, 6.45) is 0.433. The molecule has 0 unspecified atom stereocenters. The minimum Gasteiger partial charge on any atom is -0.492 e. The number of rotatable bonds is 9. The van der Waals surface area contributed by atoms with Gasteiger partial charge in [-0.1, -0.05) is 6.07 Å². The van der Waals surface area contributed by atoms with Crippen LogP contribution in [0.15, 0.2) is 42.5 Å². The highest BCUT2D eigenvalue weighted by atomic mass is 32.2. The SMILES string of the molecule is Cc1cc(C)cc(OCCNC(=O)[C@@H](C)Oc2ccc(N(C)S(C)(=O)=O)cc2)c1. The Morgan fingerprint density at radius 2 is 1.66 bits per heavy atom. The van der Waals surface area contributed by atoms with Crippen LogP contribution in [0.1, 0.15) is 18.1 Å². The first-order chi connectivity index (χ1) is 13.6. The number of anilines is 1. The van der Waals surface area contributed by atoms with E-state index in [-0.39, 0.29) is 5.91 Å². The predicted octanol–water partition coefficient (Wildman–Crippen LogP) is 2.66. The van der Waals surface area contributed by atoms with Crippen LogP contribution in [-0.4, -0.2) is 46.9 Å². The molecule has 29 heavy (non-hydrogen) atoms. The summed E-state index contributed by atoms with van der Waals surface area (Å²) in [5.74, 6) is 0.997. The summed E-state index contributed by atoms with van der Waals surface area (Å²) < 4.78 is 35.6. The number of sulfonamides is 1. The summed E-state index contributed by atoms with van der Waals surface area (Å²) in [6, 6.07) is 12.5. The Morgan fingerprint density at radius 1 is 1.07 bits per heavy atom. The molecule has 2 rings (SSSR count). The van der Waals surface area contributed by atoms with E-state index in [1.807, 2.05) is 26.0 Å². The third kappa shape index (κ3) is 6.98. The van der Waals surface area contributed by atoms with E-state index in [1.54, 1.807) is 31.2 Å². The Bertz CT molecular complexity index is 922. The molecule has 7 nitrogen and oxygen atoms in total. The first-order valence-electron chi connectivity index (χ1n) is 9.25. The third-order valence-corrected chi connectivity index (χ3v) is 5.45. The van der Waals surface area contributed by atoms with Gasteiger partial charge < -0.3 is 14.8 Å². The number of nitrogens with zero attached hydrogens (tertiary/aromatic N) is 1. The lowest BCUT2D eigenvalue weighted by Crippen LogP contribution is -2.38. The fourth-order valence-corrected chi connectivity index (χ4v) is 3.19. The molecule has 1 atom stereocenters. The molecule has 0 aliphatic carbocycles. The van der Waals surface area contributed by atoms with E-state index in [4.69, 9.17) is 9.47 Å². The van der Waals surface area contributed by atoms with Gasteiger partial charge in [0, 0.05) is 7.05 Å². The monoisotopic (exact) mass is 420 g/mol. The number of aryl methyl sites for hydroxylation is 2. The molecule has 0 heterocycles. The first kappa shape index (κ1) is 22.5. The van der Waals surface area contributed by atoms with Crippen molar-refractivity contribution in [2.45, 2.75) is 26.9 Å². The average Bonchev–Trinajstić information content (AvgIpc) is 2.63. The lowest BCUT2D eigenvalue weighted by molar-refractivity contribution is -0.127. The van der Waals surface area contributed by atoms with Gasteiger partial charge in [0.1, 0.15) is 18.1 Å². The van der Waals surface area contributed by atoms with Gasteiger partial charge in [-0.25, -0.2) is 8.42 Å². The summed E-state index contributed by atoms with van der Waals surface area (Å²) in [4.78, 5) is 12.2. The standard InChI is InChI=1S/C21H28N2O5S/c1-15-12-16(2)14-20(13-15)27-11-10-22-21(24)17(3)28-19-8-6-18(7-9-19)23(4)29(5,25)26/h6-9,12-14,17H,10-11H2,1-5H3,(H,22,24)/t17-/m1/s1. The molecule has 0 aromatic heterocycles. The molecule has 1 N–H and O–H groups in total. The summed E-state index contributed by atoms with van der Waals surface area (Å²) in [5, 5.41) is 2.78. The molecule has 0 spiro atoms. The van der Waals surface area contributed by atoms with E-state index >= 15 is 0 Å². The second-order valence-corrected chi connectivity index (χ2v) is 8.96. The quantitative estimate of drug-likeness (QED) is 0.631. The van der Waals surface area contributed by atoms with Crippen LogP contribution in [-0.2, 0) is 14.8 Å². The highest BCUT2D eigenvalue weighted by molar-refractivity contribution is 7.92. The van der Waals surface area contributed by atoms with E-state index in [1.165, 1.54) is 11.4 Å². The second kappa shape index (κ2) is 9.65. The molecule has 8 heteroatoms. The molecule has 2 aromatic carbocycles. The number of ether oxygens (including phenoxy) is 2. The minimum atomic E-state index is -3.33. The van der Waals surface area contributed by atoms with Crippen molar-refractivity contribution >= 4 is 21.6 Å². The van der Waals surface area contributed by atoms with Crippen LogP contribution in [0.5, 0.6) is 11.5 Å². The van der Waals surface area contributed by atoms with Gasteiger partial charge >= 0.3 is 0 Å². The number of carbonyl (C=O) groups is 1. The van der Waals surface area contributed by atoms with Gasteiger partial charge in [-0.3, -0.25) is 9.10 Å². The van der Waals surface area contributed by atoms with Crippen LogP contribution in [0.3, 0.4) is 0 Å². The van der Waals surface area contributed by atoms with Gasteiger partial charge in [0.25, 0.3) is 5.91 Å². The number of nitrogens with one attached hydrogen (secondary N) is 1. The van der Waals surface area contributed by atoms with Crippen LogP contribution in [0.2, 0.25) is 0 Å². The van der Waals surface area contributed by atoms with Crippen LogP contribution in [0.4, 0.5) is 5.69 Å². The molecule has 0 aliphatic heterocycles. The maximum atomic E-state index is 12.2. The van der Waals surface area contributed by atoms with E-state index in [0.29, 0.717) is 24.6 Å². The maximum absolute atomic E-state index is 12.2. The van der Waals surface area contributed by atoms with Crippen molar-refractivity contribution in [3.63, 3.8) is 0 Å². The predicted molar refractivity (Wildman–Crippen MR) is 114 cm³/mol. The molecular weight excluding hydrogens is 392 g/mol. The van der Waals surface area contributed by atoms with Crippen molar-refractivity contribution in [1.29, 1.82) is 0 Å². The molecule has 158 valence electrons. The molecule has 0 aliphatic rings. The zero-order valence-electron chi connectivity index (χ0n) is 17.4. The Labute approximate surface area is 172 Å². The van der Waals surface area contributed by atoms with E-state index < -0.39 is 16.1 Å². The second-order valence-electron chi connectivity index (χ2n) is 6.95. The van der Waals surface area contributed by atoms with Crippen LogP contribution >= 0.6 is 0 Å². The summed E-state index contributed by atoms with van der Waals surface area (Å²) in [7, 11) is -1.85. The minimum absolute atomic E-state index is 0.258. The first-order valence-corrected chi connectivity index (χ1v) is 11.1. The van der Waals surface area contributed by atoms with Crippen LogP contribution < -0.4 is 19.1 Å². The topological polar surface area (TPSA) is 84.9 Å². The normalized spacial score (nSPS) is 12.2. The molecule has 0 fully saturated rings. The average molecular weight is 421 g/mol. The maximum Gasteiger partial charge on any atom is 0.260 e. The van der Waals surface area contributed by atoms with E-state index in [0.717, 1.165) is 23.1 Å². The van der Waals surface area contributed by atoms with Crippen molar-refractivity contribution in [2.24, 2.45) is 0 Å². The molecule has 1 amide bonds. The van der Waals surface area contributed by atoms with Crippen molar-refractivity contribution in [3.05, 3.63) is 53.6 Å². The van der Waals surface area contributed by atoms with Gasteiger partial charge in [-0.05, 0) is 68.3 Å². The summed E-state index contributed by atoms with van der Waals surface area (Å²) >= 11 is 0. The lowest BCUT2D eigenvalue weighted by Gasteiger charge is -2.18. The number of hydrogen-bond acceptors (Lipinski definition) is 5. The largest absolute Gasteiger partial charge is 0.492 e. The van der Waals surface area contributed by atoms with Gasteiger partial charge in [0.2, 0.25) is 10.0 Å². The van der Waals surface area contributed by atoms with Crippen molar-refractivity contribution in [1.82, 2.24) is 5.32 Å². The van der Waals surface area contributed by atoms with Crippen molar-refractivity contribution in [2.75, 3.05) is 30.8 Å². The van der Waals surface area contributed by atoms with E-state index in [2.05, 4.69) is 11.4 Å². The van der Waals surface area contributed by atoms with Crippen molar-refractivity contribution < 1.29 is 22.7 Å². The fraction of sp³-hybridized carbons (Fsp3) is 0.381. The number of carbonyl (C=O) groups excluding carboxylic acids is 1. The number of benzene rings is 2. The Kier molecular flexibility index (Phi) is 7.50. The van der Waals surface area contributed by atoms with E-state index in [9.17, 15) is 13.2 Å². The van der Waals surface area contributed by atoms with Crippen LogP contribution in [0, 0.1) is 13.8 Å². The molecule has 2 aromatic rings. The van der Waals surface area contributed by atoms with Crippen molar-refractivity contribution in [3.8, 4) is 11.5 Å². The zero-order valence-corrected chi connectivity index (χ0v) is 18.2. The van der Waals surface area contributed by atoms with Gasteiger partial charge in [-0.15, -0.1) is 0 Å². The highest BCUT2D eigenvalue weighted by Gasteiger charge is 2.15. The highest BCUT2D eigenvalue weighted by Crippen LogP contribution is 2.21. The molecular formula is C21H28N2O5S. The number of hydrogen-bond donors (Lipinski definition) is 1. The summed E-state index contributed by atoms with van der Waals surface area (Å²) in [6.45, 7) is 6.38. The molecule has 0 bridgehead atoms. The zero-order chi connectivity index (χ0) is 21.6. The smallest absolute Gasteiger partial charge is 0.260 e.